The molecule has 1 saturated carbocycles. The van der Waals surface area contributed by atoms with E-state index in [9.17, 15) is 4.79 Å². The molecular weight excluding hydrogens is 252 g/mol. The lowest BCUT2D eigenvalue weighted by atomic mass is 9.86. The molecule has 1 aliphatic rings. The molecule has 1 fully saturated rings. The van der Waals surface area contributed by atoms with Gasteiger partial charge in [0.05, 0.1) is 5.92 Å². The largest absolute Gasteiger partial charge is 0.481 e. The van der Waals surface area contributed by atoms with Crippen LogP contribution < -0.4 is 10.2 Å². The number of hydrogen-bond acceptors (Lipinski definition) is 3. The molecule has 2 rings (SSSR count). The molecule has 0 saturated heterocycles. The highest BCUT2D eigenvalue weighted by molar-refractivity contribution is 5.70. The van der Waals surface area contributed by atoms with Gasteiger partial charge in [0.25, 0.3) is 0 Å². The molecule has 1 aromatic carbocycles. The molecular formula is C16H24N2O2. The highest BCUT2D eigenvalue weighted by atomic mass is 16.4. The zero-order chi connectivity index (χ0) is 14.5. The minimum Gasteiger partial charge on any atom is -0.481 e. The summed E-state index contributed by atoms with van der Waals surface area (Å²) in [7, 11) is 4.06. The molecule has 110 valence electrons. The van der Waals surface area contributed by atoms with Gasteiger partial charge in [-0.15, -0.1) is 0 Å². The summed E-state index contributed by atoms with van der Waals surface area (Å²) in [6.45, 7) is 0.810. The third-order valence-electron chi connectivity index (χ3n) is 4.07. The van der Waals surface area contributed by atoms with Gasteiger partial charge in [-0.1, -0.05) is 18.6 Å². The van der Waals surface area contributed by atoms with E-state index in [4.69, 9.17) is 5.11 Å². The van der Waals surface area contributed by atoms with Gasteiger partial charge in [-0.25, -0.2) is 0 Å². The second-order valence-electron chi connectivity index (χ2n) is 5.84. The lowest BCUT2D eigenvalue weighted by molar-refractivity contribution is -0.143. The Balaban J connectivity index is 1.84. The Kier molecular flexibility index (Phi) is 5.01. The van der Waals surface area contributed by atoms with E-state index < -0.39 is 5.97 Å². The number of carboxylic acids is 1. The molecule has 2 N–H and O–H groups in total. The number of nitrogens with zero attached hydrogens (tertiary/aromatic N) is 1. The molecule has 0 amide bonds. The summed E-state index contributed by atoms with van der Waals surface area (Å²) in [5.74, 6) is -0.816. The predicted octanol–water partition coefficient (Wildman–Crippen LogP) is 2.49. The molecule has 0 radical (unpaired) electrons. The fourth-order valence-electron chi connectivity index (χ4n) is 2.77. The van der Waals surface area contributed by atoms with Gasteiger partial charge < -0.3 is 15.3 Å². The minimum absolute atomic E-state index is 0.169. The molecule has 0 heterocycles. The average molecular weight is 276 g/mol. The number of aliphatic carboxylic acids is 1. The van der Waals surface area contributed by atoms with Gasteiger partial charge in [0, 0.05) is 32.4 Å². The predicted molar refractivity (Wildman–Crippen MR) is 81.0 cm³/mol. The number of carboxylic acid groups (broad SMARTS) is 1. The minimum atomic E-state index is -0.646. The number of carbonyl (C=O) groups is 1. The van der Waals surface area contributed by atoms with Crippen molar-refractivity contribution in [3.8, 4) is 0 Å². The van der Waals surface area contributed by atoms with Crippen molar-refractivity contribution in [3.05, 3.63) is 29.8 Å². The van der Waals surface area contributed by atoms with Crippen LogP contribution in [0.1, 0.15) is 31.2 Å². The first-order chi connectivity index (χ1) is 9.56. The van der Waals surface area contributed by atoms with Crippen LogP contribution in [0.5, 0.6) is 0 Å². The quantitative estimate of drug-likeness (QED) is 0.867. The Labute approximate surface area is 120 Å². The SMILES string of the molecule is CN(C)c1ccc(CNC2CCCC(C(=O)O)C2)cc1. The number of benzene rings is 1. The molecule has 0 spiro atoms. The molecule has 1 aromatic rings. The summed E-state index contributed by atoms with van der Waals surface area (Å²) < 4.78 is 0. The maximum atomic E-state index is 11.0. The van der Waals surface area contributed by atoms with Gasteiger partial charge in [0.15, 0.2) is 0 Å². The van der Waals surface area contributed by atoms with Crippen LogP contribution in [0.25, 0.3) is 0 Å². The fourth-order valence-corrected chi connectivity index (χ4v) is 2.77. The fraction of sp³-hybridized carbons (Fsp3) is 0.562. The molecule has 0 aromatic heterocycles. The average Bonchev–Trinajstić information content (AvgIpc) is 2.46. The molecule has 4 heteroatoms. The smallest absolute Gasteiger partial charge is 0.306 e. The lowest BCUT2D eigenvalue weighted by Gasteiger charge is -2.27. The van der Waals surface area contributed by atoms with Crippen LogP contribution in [0, 0.1) is 5.92 Å². The molecule has 4 nitrogen and oxygen atoms in total. The van der Waals surface area contributed by atoms with Crippen LogP contribution in [0.3, 0.4) is 0 Å². The van der Waals surface area contributed by atoms with Crippen molar-refractivity contribution in [2.75, 3.05) is 19.0 Å². The Morgan fingerprint density at radius 1 is 1.30 bits per heavy atom. The molecule has 1 aliphatic carbocycles. The van der Waals surface area contributed by atoms with E-state index in [-0.39, 0.29) is 5.92 Å². The van der Waals surface area contributed by atoms with Gasteiger partial charge in [-0.2, -0.15) is 0 Å². The van der Waals surface area contributed by atoms with Crippen molar-refractivity contribution in [1.29, 1.82) is 0 Å². The Morgan fingerprint density at radius 2 is 2.00 bits per heavy atom. The van der Waals surface area contributed by atoms with Gasteiger partial charge in [0.1, 0.15) is 0 Å². The topological polar surface area (TPSA) is 52.6 Å². The normalized spacial score (nSPS) is 22.5. The molecule has 2 atom stereocenters. The number of hydrogen-bond donors (Lipinski definition) is 2. The van der Waals surface area contributed by atoms with Crippen molar-refractivity contribution in [1.82, 2.24) is 5.32 Å². The first-order valence-electron chi connectivity index (χ1n) is 7.28. The number of anilines is 1. The van der Waals surface area contributed by atoms with E-state index in [0.717, 1.165) is 32.2 Å². The van der Waals surface area contributed by atoms with Crippen molar-refractivity contribution >= 4 is 11.7 Å². The molecule has 0 aliphatic heterocycles. The van der Waals surface area contributed by atoms with Gasteiger partial charge in [-0.05, 0) is 37.0 Å². The monoisotopic (exact) mass is 276 g/mol. The first-order valence-corrected chi connectivity index (χ1v) is 7.28. The van der Waals surface area contributed by atoms with E-state index in [2.05, 4.69) is 34.5 Å². The summed E-state index contributed by atoms with van der Waals surface area (Å²) in [5.41, 5.74) is 2.44. The van der Waals surface area contributed by atoms with Crippen LogP contribution in [-0.4, -0.2) is 31.2 Å². The summed E-state index contributed by atoms with van der Waals surface area (Å²) in [6, 6.07) is 8.80. The Hall–Kier alpha value is -1.55. The summed E-state index contributed by atoms with van der Waals surface area (Å²) in [4.78, 5) is 13.1. The summed E-state index contributed by atoms with van der Waals surface area (Å²) in [6.07, 6.45) is 3.67. The van der Waals surface area contributed by atoms with Gasteiger partial charge in [-0.3, -0.25) is 4.79 Å². The third kappa shape index (κ3) is 3.97. The lowest BCUT2D eigenvalue weighted by Crippen LogP contribution is -2.36. The van der Waals surface area contributed by atoms with Crippen LogP contribution in [0.4, 0.5) is 5.69 Å². The summed E-state index contributed by atoms with van der Waals surface area (Å²) in [5, 5.41) is 12.6. The molecule has 2 unspecified atom stereocenters. The van der Waals surface area contributed by atoms with Crippen LogP contribution >= 0.6 is 0 Å². The molecule has 20 heavy (non-hydrogen) atoms. The van der Waals surface area contributed by atoms with Crippen LogP contribution in [0.2, 0.25) is 0 Å². The van der Waals surface area contributed by atoms with E-state index in [1.165, 1.54) is 11.3 Å². The Morgan fingerprint density at radius 3 is 2.60 bits per heavy atom. The van der Waals surface area contributed by atoms with Crippen molar-refractivity contribution in [3.63, 3.8) is 0 Å². The van der Waals surface area contributed by atoms with E-state index >= 15 is 0 Å². The highest BCUT2D eigenvalue weighted by Gasteiger charge is 2.26. The summed E-state index contributed by atoms with van der Waals surface area (Å²) >= 11 is 0. The van der Waals surface area contributed by atoms with Gasteiger partial charge >= 0.3 is 5.97 Å². The van der Waals surface area contributed by atoms with Crippen LogP contribution in [-0.2, 0) is 11.3 Å². The first kappa shape index (κ1) is 14.9. The zero-order valence-corrected chi connectivity index (χ0v) is 12.3. The zero-order valence-electron chi connectivity index (χ0n) is 12.3. The maximum absolute atomic E-state index is 11.0. The van der Waals surface area contributed by atoms with E-state index in [0.29, 0.717) is 6.04 Å². The molecule has 0 bridgehead atoms. The van der Waals surface area contributed by atoms with Crippen LogP contribution in [0.15, 0.2) is 24.3 Å². The van der Waals surface area contributed by atoms with Gasteiger partial charge in [0.2, 0.25) is 0 Å². The van der Waals surface area contributed by atoms with Crippen molar-refractivity contribution < 1.29 is 9.90 Å². The Bertz CT molecular complexity index is 442. The second kappa shape index (κ2) is 6.75. The van der Waals surface area contributed by atoms with Crippen molar-refractivity contribution in [2.45, 2.75) is 38.3 Å². The van der Waals surface area contributed by atoms with E-state index in [1.54, 1.807) is 0 Å². The second-order valence-corrected chi connectivity index (χ2v) is 5.84. The highest BCUT2D eigenvalue weighted by Crippen LogP contribution is 2.24. The maximum Gasteiger partial charge on any atom is 0.306 e. The third-order valence-corrected chi connectivity index (χ3v) is 4.07. The van der Waals surface area contributed by atoms with Crippen molar-refractivity contribution in [2.24, 2.45) is 5.92 Å². The number of rotatable bonds is 5. The standard InChI is InChI=1S/C16H24N2O2/c1-18(2)15-8-6-12(7-9-15)11-17-14-5-3-4-13(10-14)16(19)20/h6-9,13-14,17H,3-5,10-11H2,1-2H3,(H,19,20). The van der Waals surface area contributed by atoms with E-state index in [1.807, 2.05) is 14.1 Å². The number of nitrogens with one attached hydrogen (secondary N) is 1.